The van der Waals surface area contributed by atoms with E-state index in [2.05, 4.69) is 18.7 Å². The summed E-state index contributed by atoms with van der Waals surface area (Å²) in [6.45, 7) is 9.53. The third-order valence-electron chi connectivity index (χ3n) is 4.26. The molecule has 6 heteroatoms. The van der Waals surface area contributed by atoms with E-state index in [1.54, 1.807) is 28.6 Å². The number of sulfonamides is 1. The first kappa shape index (κ1) is 17.2. The monoisotopic (exact) mass is 326 g/mol. The molecule has 0 amide bonds. The molecule has 124 valence electrons. The minimum absolute atomic E-state index is 0.341. The molecule has 0 saturated carbocycles. The van der Waals surface area contributed by atoms with Gasteiger partial charge in [-0.15, -0.1) is 0 Å². The van der Waals surface area contributed by atoms with Gasteiger partial charge in [-0.1, -0.05) is 6.92 Å². The molecule has 0 aromatic heterocycles. The normalized spacial score (nSPS) is 19.0. The van der Waals surface area contributed by atoms with Gasteiger partial charge in [-0.2, -0.15) is 4.31 Å². The first-order valence-electron chi connectivity index (χ1n) is 7.96. The second kappa shape index (κ2) is 7.44. The van der Waals surface area contributed by atoms with Crippen LogP contribution in [0.25, 0.3) is 0 Å². The molecule has 1 saturated heterocycles. The summed E-state index contributed by atoms with van der Waals surface area (Å²) in [7, 11) is -3.40. The van der Waals surface area contributed by atoms with Crippen LogP contribution in [-0.4, -0.2) is 56.5 Å². The van der Waals surface area contributed by atoms with Crippen molar-refractivity contribution in [3.05, 3.63) is 24.3 Å². The van der Waals surface area contributed by atoms with E-state index in [9.17, 15) is 8.42 Å². The molecule has 2 rings (SSSR count). The number of hydrogen-bond donors (Lipinski definition) is 0. The summed E-state index contributed by atoms with van der Waals surface area (Å²) < 4.78 is 32.3. The quantitative estimate of drug-likeness (QED) is 0.804. The van der Waals surface area contributed by atoms with Crippen LogP contribution in [0.4, 0.5) is 0 Å². The predicted octanol–water partition coefficient (Wildman–Crippen LogP) is 2.19. The number of rotatable bonds is 6. The number of hydrogen-bond acceptors (Lipinski definition) is 4. The van der Waals surface area contributed by atoms with Crippen LogP contribution in [-0.2, 0) is 10.0 Å². The Morgan fingerprint density at radius 3 is 2.18 bits per heavy atom. The number of benzene rings is 1. The number of ether oxygens (including phenoxy) is 1. The van der Waals surface area contributed by atoms with Gasteiger partial charge in [-0.3, -0.25) is 4.90 Å². The molecule has 1 aliphatic heterocycles. The lowest BCUT2D eigenvalue weighted by Crippen LogP contribution is -2.51. The first-order valence-corrected chi connectivity index (χ1v) is 9.40. The van der Waals surface area contributed by atoms with Crippen molar-refractivity contribution in [2.75, 3.05) is 32.8 Å². The zero-order valence-electron chi connectivity index (χ0n) is 13.7. The molecule has 0 radical (unpaired) electrons. The van der Waals surface area contributed by atoms with Gasteiger partial charge in [0.15, 0.2) is 0 Å². The smallest absolute Gasteiger partial charge is 0.243 e. The minimum Gasteiger partial charge on any atom is -0.494 e. The SMILES string of the molecule is CCOc1ccc(S(=O)(=O)N2CCN(C(C)CC)CC2)cc1. The van der Waals surface area contributed by atoms with Crippen molar-refractivity contribution in [2.24, 2.45) is 0 Å². The standard InChI is InChI=1S/C16H26N2O3S/c1-4-14(3)17-10-12-18(13-11-17)22(19,20)16-8-6-15(7-9-16)21-5-2/h6-9,14H,4-5,10-13H2,1-3H3. The Bertz CT molecular complexity index is 564. The Kier molecular flexibility index (Phi) is 5.83. The van der Waals surface area contributed by atoms with E-state index in [-0.39, 0.29) is 0 Å². The Morgan fingerprint density at radius 2 is 1.68 bits per heavy atom. The number of piperazine rings is 1. The maximum Gasteiger partial charge on any atom is 0.243 e. The van der Waals surface area contributed by atoms with Crippen LogP contribution in [0.5, 0.6) is 5.75 Å². The van der Waals surface area contributed by atoms with Crippen molar-refractivity contribution in [3.63, 3.8) is 0 Å². The van der Waals surface area contributed by atoms with E-state index in [0.29, 0.717) is 36.4 Å². The summed E-state index contributed by atoms with van der Waals surface area (Å²) in [5.41, 5.74) is 0. The Morgan fingerprint density at radius 1 is 1.09 bits per heavy atom. The topological polar surface area (TPSA) is 49.9 Å². The van der Waals surface area contributed by atoms with E-state index in [4.69, 9.17) is 4.74 Å². The van der Waals surface area contributed by atoms with Crippen LogP contribution >= 0.6 is 0 Å². The van der Waals surface area contributed by atoms with Gasteiger partial charge in [-0.25, -0.2) is 8.42 Å². The van der Waals surface area contributed by atoms with Crippen LogP contribution in [0, 0.1) is 0 Å². The maximum atomic E-state index is 12.7. The molecule has 1 unspecified atom stereocenters. The predicted molar refractivity (Wildman–Crippen MR) is 87.7 cm³/mol. The Hall–Kier alpha value is -1.11. The van der Waals surface area contributed by atoms with Gasteiger partial charge in [0.05, 0.1) is 11.5 Å². The summed E-state index contributed by atoms with van der Waals surface area (Å²) in [5, 5.41) is 0. The van der Waals surface area contributed by atoms with E-state index in [1.807, 2.05) is 6.92 Å². The molecule has 1 aliphatic rings. The Balaban J connectivity index is 2.05. The molecule has 22 heavy (non-hydrogen) atoms. The van der Waals surface area contributed by atoms with Gasteiger partial charge >= 0.3 is 0 Å². The zero-order valence-corrected chi connectivity index (χ0v) is 14.5. The molecule has 1 atom stereocenters. The van der Waals surface area contributed by atoms with Crippen molar-refractivity contribution in [1.29, 1.82) is 0 Å². The first-order chi connectivity index (χ1) is 10.5. The molecule has 1 fully saturated rings. The molecule has 1 aromatic rings. The van der Waals surface area contributed by atoms with Gasteiger partial charge in [0.25, 0.3) is 0 Å². The zero-order chi connectivity index (χ0) is 16.2. The van der Waals surface area contributed by atoms with Crippen molar-refractivity contribution in [2.45, 2.75) is 38.1 Å². The van der Waals surface area contributed by atoms with E-state index < -0.39 is 10.0 Å². The van der Waals surface area contributed by atoms with Crippen molar-refractivity contribution in [1.82, 2.24) is 9.21 Å². The van der Waals surface area contributed by atoms with Gasteiger partial charge in [0, 0.05) is 32.2 Å². The van der Waals surface area contributed by atoms with Crippen molar-refractivity contribution < 1.29 is 13.2 Å². The average Bonchev–Trinajstić information content (AvgIpc) is 2.55. The van der Waals surface area contributed by atoms with E-state index >= 15 is 0 Å². The third kappa shape index (κ3) is 3.80. The van der Waals surface area contributed by atoms with E-state index in [0.717, 1.165) is 19.5 Å². The largest absolute Gasteiger partial charge is 0.494 e. The van der Waals surface area contributed by atoms with Crippen LogP contribution in [0.1, 0.15) is 27.2 Å². The summed E-state index contributed by atoms with van der Waals surface area (Å²) in [6.07, 6.45) is 1.09. The van der Waals surface area contributed by atoms with Crippen molar-refractivity contribution in [3.8, 4) is 5.75 Å². The average molecular weight is 326 g/mol. The van der Waals surface area contributed by atoms with Gasteiger partial charge in [0.2, 0.25) is 10.0 Å². The lowest BCUT2D eigenvalue weighted by atomic mass is 10.2. The molecule has 0 aliphatic carbocycles. The fourth-order valence-electron chi connectivity index (χ4n) is 2.67. The summed E-state index contributed by atoms with van der Waals surface area (Å²) in [6, 6.07) is 7.19. The molecule has 0 bridgehead atoms. The van der Waals surface area contributed by atoms with Crippen LogP contribution in [0.15, 0.2) is 29.2 Å². The van der Waals surface area contributed by atoms with E-state index in [1.165, 1.54) is 0 Å². The third-order valence-corrected chi connectivity index (χ3v) is 6.17. The van der Waals surface area contributed by atoms with Gasteiger partial charge in [0.1, 0.15) is 5.75 Å². The lowest BCUT2D eigenvalue weighted by Gasteiger charge is -2.37. The van der Waals surface area contributed by atoms with Crippen LogP contribution in [0.2, 0.25) is 0 Å². The maximum absolute atomic E-state index is 12.7. The molecule has 5 nitrogen and oxygen atoms in total. The highest BCUT2D eigenvalue weighted by Crippen LogP contribution is 2.21. The second-order valence-corrected chi connectivity index (χ2v) is 7.54. The fourth-order valence-corrected chi connectivity index (χ4v) is 4.09. The highest BCUT2D eigenvalue weighted by molar-refractivity contribution is 7.89. The minimum atomic E-state index is -3.40. The summed E-state index contributed by atoms with van der Waals surface area (Å²) in [4.78, 5) is 2.69. The second-order valence-electron chi connectivity index (χ2n) is 5.60. The van der Waals surface area contributed by atoms with Gasteiger partial charge in [-0.05, 0) is 44.5 Å². The lowest BCUT2D eigenvalue weighted by molar-refractivity contribution is 0.142. The van der Waals surface area contributed by atoms with Crippen LogP contribution < -0.4 is 4.74 Å². The Labute approximate surface area is 133 Å². The number of nitrogens with zero attached hydrogens (tertiary/aromatic N) is 2. The summed E-state index contributed by atoms with van der Waals surface area (Å²) >= 11 is 0. The molecule has 0 spiro atoms. The fraction of sp³-hybridized carbons (Fsp3) is 0.625. The molecular formula is C16H26N2O3S. The van der Waals surface area contributed by atoms with Crippen molar-refractivity contribution >= 4 is 10.0 Å². The van der Waals surface area contributed by atoms with Crippen LogP contribution in [0.3, 0.4) is 0 Å². The highest BCUT2D eigenvalue weighted by Gasteiger charge is 2.29. The molecule has 0 N–H and O–H groups in total. The van der Waals surface area contributed by atoms with Gasteiger partial charge < -0.3 is 4.74 Å². The molecule has 1 aromatic carbocycles. The summed E-state index contributed by atoms with van der Waals surface area (Å²) in [5.74, 6) is 0.697. The molecule has 1 heterocycles. The molecular weight excluding hydrogens is 300 g/mol. The highest BCUT2D eigenvalue weighted by atomic mass is 32.2.